The van der Waals surface area contributed by atoms with Crippen LogP contribution in [-0.2, 0) is 6.54 Å². The topological polar surface area (TPSA) is 62.4 Å². The minimum atomic E-state index is 0.169. The van der Waals surface area contributed by atoms with Crippen molar-refractivity contribution in [1.29, 1.82) is 0 Å². The molecule has 0 atom stereocenters. The van der Waals surface area contributed by atoms with Crippen LogP contribution >= 0.6 is 0 Å². The van der Waals surface area contributed by atoms with Gasteiger partial charge in [0.05, 0.1) is 24.2 Å². The maximum atomic E-state index is 9.02. The number of nitrogens with two attached hydrogens (primary N) is 1. The number of hydrogen-bond donors (Lipinski definition) is 2. The molecular weight excluding hydrogens is 202 g/mol. The van der Waals surface area contributed by atoms with Crippen molar-refractivity contribution in [2.75, 3.05) is 24.6 Å². The molecule has 1 aromatic heterocycles. The fourth-order valence-electron chi connectivity index (χ4n) is 1.56. The normalized spacial score (nSPS) is 10.4. The predicted molar refractivity (Wildman–Crippen MR) is 66.3 cm³/mol. The lowest BCUT2D eigenvalue weighted by Gasteiger charge is -2.23. The molecule has 0 fully saturated rings. The molecular formula is C12H21N3O. The Balaban J connectivity index is 2.67. The highest BCUT2D eigenvalue weighted by molar-refractivity contribution is 5.44. The summed E-state index contributed by atoms with van der Waals surface area (Å²) in [6, 6.07) is 3.95. The summed E-state index contributed by atoms with van der Waals surface area (Å²) >= 11 is 0. The van der Waals surface area contributed by atoms with Crippen molar-refractivity contribution in [2.24, 2.45) is 5.73 Å². The van der Waals surface area contributed by atoms with E-state index in [-0.39, 0.29) is 6.61 Å². The van der Waals surface area contributed by atoms with Crippen LogP contribution in [0.2, 0.25) is 0 Å². The van der Waals surface area contributed by atoms with Crippen LogP contribution in [0.15, 0.2) is 18.3 Å². The Labute approximate surface area is 97.1 Å². The van der Waals surface area contributed by atoms with Crippen LogP contribution in [-0.4, -0.2) is 29.8 Å². The van der Waals surface area contributed by atoms with E-state index in [2.05, 4.69) is 16.8 Å². The summed E-state index contributed by atoms with van der Waals surface area (Å²) in [5.74, 6) is 0. The van der Waals surface area contributed by atoms with Gasteiger partial charge in [-0.3, -0.25) is 4.98 Å². The Morgan fingerprint density at radius 1 is 1.38 bits per heavy atom. The zero-order valence-electron chi connectivity index (χ0n) is 9.89. The maximum absolute atomic E-state index is 9.02. The zero-order chi connectivity index (χ0) is 11.8. The summed E-state index contributed by atoms with van der Waals surface area (Å²) < 4.78 is 0. The first-order valence-corrected chi connectivity index (χ1v) is 5.82. The van der Waals surface area contributed by atoms with Gasteiger partial charge in [-0.15, -0.1) is 0 Å². The standard InChI is InChI=1S/C12H21N3O/c1-2-3-6-15(7-8-16)12-5-4-11(9-13)14-10-12/h4-5,10,16H,2-3,6-9,13H2,1H3. The average molecular weight is 223 g/mol. The maximum Gasteiger partial charge on any atom is 0.0606 e. The Kier molecular flexibility index (Phi) is 5.82. The van der Waals surface area contributed by atoms with Crippen molar-refractivity contribution in [1.82, 2.24) is 4.98 Å². The molecule has 0 radical (unpaired) electrons. The van der Waals surface area contributed by atoms with Gasteiger partial charge in [0.2, 0.25) is 0 Å². The third kappa shape index (κ3) is 3.79. The molecule has 4 heteroatoms. The highest BCUT2D eigenvalue weighted by Gasteiger charge is 2.05. The Morgan fingerprint density at radius 3 is 2.69 bits per heavy atom. The minimum absolute atomic E-state index is 0.169. The molecule has 0 saturated heterocycles. The van der Waals surface area contributed by atoms with Crippen LogP contribution in [0.3, 0.4) is 0 Å². The van der Waals surface area contributed by atoms with Gasteiger partial charge < -0.3 is 15.7 Å². The highest BCUT2D eigenvalue weighted by Crippen LogP contribution is 2.13. The fourth-order valence-corrected chi connectivity index (χ4v) is 1.56. The molecule has 1 aromatic rings. The smallest absolute Gasteiger partial charge is 0.0606 e. The van der Waals surface area contributed by atoms with Crippen molar-refractivity contribution >= 4 is 5.69 Å². The van der Waals surface area contributed by atoms with Crippen LogP contribution in [0.4, 0.5) is 5.69 Å². The molecule has 1 rings (SSSR count). The summed E-state index contributed by atoms with van der Waals surface area (Å²) in [6.45, 7) is 4.41. The first-order valence-electron chi connectivity index (χ1n) is 5.82. The van der Waals surface area contributed by atoms with Gasteiger partial charge in [0.15, 0.2) is 0 Å². The lowest BCUT2D eigenvalue weighted by molar-refractivity contribution is 0.301. The SMILES string of the molecule is CCCCN(CCO)c1ccc(CN)nc1. The van der Waals surface area contributed by atoms with Gasteiger partial charge in [-0.25, -0.2) is 0 Å². The number of rotatable bonds is 7. The number of aliphatic hydroxyl groups is 1. The molecule has 90 valence electrons. The molecule has 0 bridgehead atoms. The Bertz CT molecular complexity index is 287. The second kappa shape index (κ2) is 7.19. The predicted octanol–water partition coefficient (Wildman–Crippen LogP) is 1.14. The van der Waals surface area contributed by atoms with Gasteiger partial charge in [0.25, 0.3) is 0 Å². The van der Waals surface area contributed by atoms with Crippen molar-refractivity contribution in [3.63, 3.8) is 0 Å². The molecule has 3 N–H and O–H groups in total. The third-order valence-electron chi connectivity index (χ3n) is 2.53. The molecule has 0 aliphatic carbocycles. The first-order chi connectivity index (χ1) is 7.81. The van der Waals surface area contributed by atoms with Gasteiger partial charge in [0.1, 0.15) is 0 Å². The molecule has 16 heavy (non-hydrogen) atoms. The molecule has 4 nitrogen and oxygen atoms in total. The molecule has 0 spiro atoms. The molecule has 0 aromatic carbocycles. The van der Waals surface area contributed by atoms with Gasteiger partial charge in [0, 0.05) is 19.6 Å². The van der Waals surface area contributed by atoms with E-state index in [9.17, 15) is 0 Å². The first kappa shape index (κ1) is 12.9. The lowest BCUT2D eigenvalue weighted by Crippen LogP contribution is -2.27. The molecule has 0 amide bonds. The van der Waals surface area contributed by atoms with Crippen LogP contribution in [0.25, 0.3) is 0 Å². The number of nitrogens with zero attached hydrogens (tertiary/aromatic N) is 2. The van der Waals surface area contributed by atoms with Gasteiger partial charge in [-0.1, -0.05) is 13.3 Å². The van der Waals surface area contributed by atoms with Crippen molar-refractivity contribution in [3.8, 4) is 0 Å². The lowest BCUT2D eigenvalue weighted by atomic mass is 10.2. The van der Waals surface area contributed by atoms with E-state index in [1.165, 1.54) is 0 Å². The fraction of sp³-hybridized carbons (Fsp3) is 0.583. The second-order valence-corrected chi connectivity index (χ2v) is 3.78. The van der Waals surface area contributed by atoms with Gasteiger partial charge in [-0.05, 0) is 18.6 Å². The van der Waals surface area contributed by atoms with Crippen molar-refractivity contribution in [3.05, 3.63) is 24.0 Å². The summed E-state index contributed by atoms with van der Waals surface area (Å²) in [4.78, 5) is 6.41. The van der Waals surface area contributed by atoms with Gasteiger partial charge in [-0.2, -0.15) is 0 Å². The van der Waals surface area contributed by atoms with E-state index in [4.69, 9.17) is 10.8 Å². The molecule has 0 unspecified atom stereocenters. The number of anilines is 1. The Morgan fingerprint density at radius 2 is 2.19 bits per heavy atom. The van der Waals surface area contributed by atoms with Crippen molar-refractivity contribution in [2.45, 2.75) is 26.3 Å². The molecule has 0 aliphatic rings. The summed E-state index contributed by atoms with van der Waals surface area (Å²) in [7, 11) is 0. The van der Waals surface area contributed by atoms with Crippen LogP contribution in [0.5, 0.6) is 0 Å². The van der Waals surface area contributed by atoms with E-state index in [0.717, 1.165) is 30.8 Å². The number of aromatic nitrogens is 1. The van der Waals surface area contributed by atoms with Crippen LogP contribution < -0.4 is 10.6 Å². The number of hydrogen-bond acceptors (Lipinski definition) is 4. The number of aliphatic hydroxyl groups excluding tert-OH is 1. The van der Waals surface area contributed by atoms with E-state index in [1.54, 1.807) is 0 Å². The largest absolute Gasteiger partial charge is 0.395 e. The third-order valence-corrected chi connectivity index (χ3v) is 2.53. The zero-order valence-corrected chi connectivity index (χ0v) is 9.89. The number of pyridine rings is 1. The summed E-state index contributed by atoms with van der Waals surface area (Å²) in [5.41, 5.74) is 7.45. The summed E-state index contributed by atoms with van der Waals surface area (Å²) in [5, 5.41) is 9.02. The quantitative estimate of drug-likeness (QED) is 0.727. The van der Waals surface area contributed by atoms with Crippen LogP contribution in [0, 0.1) is 0 Å². The molecule has 0 aliphatic heterocycles. The average Bonchev–Trinajstić information content (AvgIpc) is 2.35. The Hall–Kier alpha value is -1.13. The summed E-state index contributed by atoms with van der Waals surface area (Å²) in [6.07, 6.45) is 4.10. The number of unbranched alkanes of at least 4 members (excludes halogenated alkanes) is 1. The van der Waals surface area contributed by atoms with E-state index >= 15 is 0 Å². The monoisotopic (exact) mass is 223 g/mol. The van der Waals surface area contributed by atoms with E-state index in [0.29, 0.717) is 13.1 Å². The van der Waals surface area contributed by atoms with E-state index < -0.39 is 0 Å². The van der Waals surface area contributed by atoms with E-state index in [1.807, 2.05) is 18.3 Å². The minimum Gasteiger partial charge on any atom is -0.395 e. The van der Waals surface area contributed by atoms with Crippen LogP contribution in [0.1, 0.15) is 25.5 Å². The highest BCUT2D eigenvalue weighted by atomic mass is 16.3. The van der Waals surface area contributed by atoms with Gasteiger partial charge >= 0.3 is 0 Å². The van der Waals surface area contributed by atoms with Crippen molar-refractivity contribution < 1.29 is 5.11 Å². The molecule has 0 saturated carbocycles. The second-order valence-electron chi connectivity index (χ2n) is 3.78. The molecule has 1 heterocycles.